The number of Topliss-reactive ketones (excluding diaryl/α,β-unsaturated/α-hetero) is 2. The van der Waals surface area contributed by atoms with Gasteiger partial charge in [-0.3, -0.25) is 14.4 Å². The van der Waals surface area contributed by atoms with E-state index in [0.29, 0.717) is 39.5 Å². The van der Waals surface area contributed by atoms with Gasteiger partial charge in [-0.15, -0.1) is 0 Å². The number of benzene rings is 3. The maximum Gasteiger partial charge on any atom is 0.174 e. The molecule has 0 saturated heterocycles. The van der Waals surface area contributed by atoms with Gasteiger partial charge in [0.25, 0.3) is 0 Å². The molecule has 6 nitrogen and oxygen atoms in total. The molecule has 1 aliphatic carbocycles. The van der Waals surface area contributed by atoms with Crippen molar-refractivity contribution in [3.63, 3.8) is 0 Å². The minimum Gasteiger partial charge on any atom is -0.496 e. The summed E-state index contributed by atoms with van der Waals surface area (Å²) >= 11 is 0. The molecule has 0 spiro atoms. The van der Waals surface area contributed by atoms with Gasteiger partial charge in [-0.1, -0.05) is 66.2 Å². The van der Waals surface area contributed by atoms with E-state index >= 15 is 0 Å². The van der Waals surface area contributed by atoms with Gasteiger partial charge in [0.1, 0.15) is 5.75 Å². The number of rotatable bonds is 8. The normalized spacial score (nSPS) is 19.3. The Morgan fingerprint density at radius 3 is 1.64 bits per heavy atom. The fourth-order valence-corrected chi connectivity index (χ4v) is 4.96. The van der Waals surface area contributed by atoms with Gasteiger partial charge in [-0.2, -0.15) is 0 Å². The SMILES string of the molecule is COc1cc(OC)c(C2C(C(=O)c3ccccc3)C(=O)C=C(C)C2C(=O)c2ccccc2)cc1OC. The maximum atomic E-state index is 13.9. The van der Waals surface area contributed by atoms with Crippen LogP contribution in [0.5, 0.6) is 17.2 Å². The largest absolute Gasteiger partial charge is 0.496 e. The molecule has 0 aliphatic heterocycles. The molecule has 3 atom stereocenters. The molecule has 0 saturated carbocycles. The lowest BCUT2D eigenvalue weighted by atomic mass is 9.64. The average Bonchev–Trinajstić information content (AvgIpc) is 2.92. The third-order valence-electron chi connectivity index (χ3n) is 6.66. The van der Waals surface area contributed by atoms with Crippen LogP contribution in [0.2, 0.25) is 0 Å². The molecule has 3 unspecified atom stereocenters. The summed E-state index contributed by atoms with van der Waals surface area (Å²) in [6.07, 6.45) is 1.43. The molecule has 4 rings (SSSR count). The summed E-state index contributed by atoms with van der Waals surface area (Å²) in [7, 11) is 4.52. The van der Waals surface area contributed by atoms with Crippen LogP contribution in [0.4, 0.5) is 0 Å². The van der Waals surface area contributed by atoms with E-state index in [-0.39, 0.29) is 17.3 Å². The van der Waals surface area contributed by atoms with Crippen LogP contribution in [0.1, 0.15) is 39.1 Å². The Kier molecular flexibility index (Phi) is 7.34. The molecule has 0 N–H and O–H groups in total. The first-order chi connectivity index (χ1) is 17.4. The van der Waals surface area contributed by atoms with Crippen molar-refractivity contribution in [2.45, 2.75) is 12.8 Å². The van der Waals surface area contributed by atoms with Gasteiger partial charge < -0.3 is 14.2 Å². The molecular weight excluding hydrogens is 456 g/mol. The molecule has 36 heavy (non-hydrogen) atoms. The molecule has 0 fully saturated rings. The number of ether oxygens (including phenoxy) is 3. The summed E-state index contributed by atoms with van der Waals surface area (Å²) < 4.78 is 16.7. The highest BCUT2D eigenvalue weighted by molar-refractivity contribution is 6.17. The van der Waals surface area contributed by atoms with E-state index in [2.05, 4.69) is 0 Å². The number of hydrogen-bond donors (Lipinski definition) is 0. The minimum atomic E-state index is -1.12. The Bertz CT molecular complexity index is 1310. The predicted octanol–water partition coefficient (Wildman–Crippen LogP) is 5.32. The lowest BCUT2D eigenvalue weighted by Crippen LogP contribution is -2.40. The molecule has 3 aromatic carbocycles. The standard InChI is InChI=1S/C30H28O6/c1-18-15-22(31)28(30(33)20-13-9-6-10-14-20)27(26(18)29(32)19-11-7-5-8-12-19)21-16-24(35-3)25(36-4)17-23(21)34-2/h5-17,26-28H,1-4H3. The first-order valence-electron chi connectivity index (χ1n) is 11.6. The summed E-state index contributed by atoms with van der Waals surface area (Å²) in [5.41, 5.74) is 2.02. The number of ketones is 3. The molecule has 184 valence electrons. The number of allylic oxidation sites excluding steroid dienone is 2. The van der Waals surface area contributed by atoms with Crippen LogP contribution in [0, 0.1) is 11.8 Å². The van der Waals surface area contributed by atoms with Crippen LogP contribution in [0.3, 0.4) is 0 Å². The highest BCUT2D eigenvalue weighted by Gasteiger charge is 2.47. The molecule has 0 amide bonds. The summed E-state index contributed by atoms with van der Waals surface area (Å²) in [6, 6.07) is 20.9. The molecule has 0 radical (unpaired) electrons. The minimum absolute atomic E-state index is 0.176. The highest BCUT2D eigenvalue weighted by Crippen LogP contribution is 2.49. The third-order valence-corrected chi connectivity index (χ3v) is 6.66. The van der Waals surface area contributed by atoms with Gasteiger partial charge in [0.15, 0.2) is 28.8 Å². The quantitative estimate of drug-likeness (QED) is 0.318. The van der Waals surface area contributed by atoms with Crippen molar-refractivity contribution in [3.8, 4) is 17.2 Å². The van der Waals surface area contributed by atoms with Crippen molar-refractivity contribution in [3.05, 3.63) is 101 Å². The maximum absolute atomic E-state index is 13.9. The zero-order chi connectivity index (χ0) is 25.8. The Hall–Kier alpha value is -4.19. The van der Waals surface area contributed by atoms with Gasteiger partial charge in [0.2, 0.25) is 0 Å². The van der Waals surface area contributed by atoms with E-state index in [1.807, 2.05) is 6.07 Å². The zero-order valence-electron chi connectivity index (χ0n) is 20.7. The molecular formula is C30H28O6. The van der Waals surface area contributed by atoms with Crippen molar-refractivity contribution in [1.29, 1.82) is 0 Å². The summed E-state index contributed by atoms with van der Waals surface area (Å²) in [6.45, 7) is 1.76. The van der Waals surface area contributed by atoms with Crippen LogP contribution >= 0.6 is 0 Å². The lowest BCUT2D eigenvalue weighted by molar-refractivity contribution is -0.118. The monoisotopic (exact) mass is 484 g/mol. The first kappa shape index (κ1) is 24.9. The molecule has 3 aromatic rings. The van der Waals surface area contributed by atoms with E-state index < -0.39 is 17.8 Å². The van der Waals surface area contributed by atoms with E-state index in [1.165, 1.54) is 27.4 Å². The van der Waals surface area contributed by atoms with E-state index in [1.54, 1.807) is 73.7 Å². The van der Waals surface area contributed by atoms with Crippen molar-refractivity contribution in [1.82, 2.24) is 0 Å². The summed E-state index contributed by atoms with van der Waals surface area (Å²) in [5.74, 6) is -2.35. The van der Waals surface area contributed by atoms with Crippen LogP contribution in [-0.2, 0) is 4.79 Å². The van der Waals surface area contributed by atoms with Crippen LogP contribution in [0.25, 0.3) is 0 Å². The topological polar surface area (TPSA) is 78.9 Å². The van der Waals surface area contributed by atoms with Crippen molar-refractivity contribution in [2.75, 3.05) is 21.3 Å². The lowest BCUT2D eigenvalue weighted by Gasteiger charge is -2.36. The number of hydrogen-bond acceptors (Lipinski definition) is 6. The predicted molar refractivity (Wildman–Crippen MR) is 136 cm³/mol. The van der Waals surface area contributed by atoms with Gasteiger partial charge in [0.05, 0.1) is 33.2 Å². The second-order valence-electron chi connectivity index (χ2n) is 8.68. The average molecular weight is 485 g/mol. The van der Waals surface area contributed by atoms with E-state index in [9.17, 15) is 14.4 Å². The number of methoxy groups -OCH3 is 3. The first-order valence-corrected chi connectivity index (χ1v) is 11.6. The Morgan fingerprint density at radius 2 is 1.14 bits per heavy atom. The van der Waals surface area contributed by atoms with Crippen LogP contribution in [-0.4, -0.2) is 38.7 Å². The second-order valence-corrected chi connectivity index (χ2v) is 8.68. The number of carbonyl (C=O) groups is 3. The Labute approximate surface area is 210 Å². The Morgan fingerprint density at radius 1 is 0.667 bits per heavy atom. The highest BCUT2D eigenvalue weighted by atomic mass is 16.5. The fourth-order valence-electron chi connectivity index (χ4n) is 4.96. The zero-order valence-corrected chi connectivity index (χ0v) is 20.7. The summed E-state index contributed by atoms with van der Waals surface area (Å²) in [5, 5.41) is 0. The Balaban J connectivity index is 1.98. The fraction of sp³-hybridized carbons (Fsp3) is 0.233. The second kappa shape index (κ2) is 10.6. The van der Waals surface area contributed by atoms with Crippen LogP contribution < -0.4 is 14.2 Å². The third kappa shape index (κ3) is 4.54. The molecule has 0 heterocycles. The smallest absolute Gasteiger partial charge is 0.174 e. The van der Waals surface area contributed by atoms with Gasteiger partial charge in [-0.25, -0.2) is 0 Å². The molecule has 6 heteroatoms. The van der Waals surface area contributed by atoms with Crippen LogP contribution in [0.15, 0.2) is 84.4 Å². The van der Waals surface area contributed by atoms with Crippen molar-refractivity contribution < 1.29 is 28.6 Å². The molecule has 0 aromatic heterocycles. The summed E-state index contributed by atoms with van der Waals surface area (Å²) in [4.78, 5) is 41.2. The van der Waals surface area contributed by atoms with Crippen molar-refractivity contribution in [2.24, 2.45) is 11.8 Å². The van der Waals surface area contributed by atoms with Gasteiger partial charge in [-0.05, 0) is 19.1 Å². The van der Waals surface area contributed by atoms with Crippen molar-refractivity contribution >= 4 is 17.3 Å². The van der Waals surface area contributed by atoms with E-state index in [0.717, 1.165) is 0 Å². The molecule has 1 aliphatic rings. The van der Waals surface area contributed by atoms with E-state index in [4.69, 9.17) is 14.2 Å². The van der Waals surface area contributed by atoms with Gasteiger partial charge in [0, 0.05) is 28.7 Å². The number of carbonyl (C=O) groups excluding carboxylic acids is 3. The van der Waals surface area contributed by atoms with Gasteiger partial charge >= 0.3 is 0 Å². The molecule has 0 bridgehead atoms.